The van der Waals surface area contributed by atoms with Crippen LogP contribution in [0.5, 0.6) is 0 Å². The van der Waals surface area contributed by atoms with Crippen molar-refractivity contribution in [2.45, 2.75) is 44.8 Å². The fourth-order valence-corrected chi connectivity index (χ4v) is 3.51. The van der Waals surface area contributed by atoms with Gasteiger partial charge in [0.05, 0.1) is 5.56 Å². The van der Waals surface area contributed by atoms with E-state index >= 15 is 0 Å². The number of aromatic nitrogens is 2. The number of rotatable bonds is 6. The average Bonchev–Trinajstić information content (AvgIpc) is 2.69. The lowest BCUT2D eigenvalue weighted by Crippen LogP contribution is -2.44. The molecule has 0 unspecified atom stereocenters. The zero-order valence-corrected chi connectivity index (χ0v) is 16.7. The van der Waals surface area contributed by atoms with Crippen LogP contribution in [0.25, 0.3) is 0 Å². The third-order valence-corrected chi connectivity index (χ3v) is 5.04. The Morgan fingerprint density at radius 1 is 1.24 bits per heavy atom. The summed E-state index contributed by atoms with van der Waals surface area (Å²) in [5.41, 5.74) is 5.41. The number of nitrogens with two attached hydrogens (primary N) is 1. The number of hydrogen-bond acceptors (Lipinski definition) is 6. The molecule has 0 bridgehead atoms. The molecule has 1 aliphatic heterocycles. The molecule has 0 saturated carbocycles. The molecule has 2 heterocycles. The summed E-state index contributed by atoms with van der Waals surface area (Å²) in [4.78, 5) is 11.3. The normalized spacial score (nSPS) is 17.4. The van der Waals surface area contributed by atoms with Crippen LogP contribution in [0.1, 0.15) is 37.4 Å². The molecule has 1 aromatic heterocycles. The maximum absolute atomic E-state index is 13.2. The molecule has 9 heteroatoms. The number of nitrogens with zero attached hydrogens (tertiary/aromatic N) is 3. The van der Waals surface area contributed by atoms with Crippen molar-refractivity contribution in [3.63, 3.8) is 0 Å². The van der Waals surface area contributed by atoms with E-state index in [0.29, 0.717) is 6.04 Å². The van der Waals surface area contributed by atoms with Crippen LogP contribution < -0.4 is 21.3 Å². The third kappa shape index (κ3) is 5.29. The second kappa shape index (κ2) is 8.86. The highest BCUT2D eigenvalue weighted by Crippen LogP contribution is 2.35. The minimum absolute atomic E-state index is 0.248. The molecule has 0 aliphatic carbocycles. The molecule has 1 saturated heterocycles. The standard InChI is InChI=1S/C20H27F3N6/c1-3-5-13-11-18(29-9-4-6-15(12-29)25-2)28-19(26-13)27-14-7-8-17(24)16(10-14)20(21,22)23/h7-8,10-11,15,25H,3-6,9,12,24H2,1-2H3,(H,26,27,28)/t15-/m1/s1. The molecule has 1 fully saturated rings. The van der Waals surface area contributed by atoms with Gasteiger partial charge in [0.2, 0.25) is 5.95 Å². The van der Waals surface area contributed by atoms with Gasteiger partial charge in [-0.3, -0.25) is 0 Å². The monoisotopic (exact) mass is 408 g/mol. The van der Waals surface area contributed by atoms with Crippen molar-refractivity contribution in [3.8, 4) is 0 Å². The van der Waals surface area contributed by atoms with E-state index in [1.54, 1.807) is 0 Å². The average molecular weight is 408 g/mol. The van der Waals surface area contributed by atoms with Crippen LogP contribution in [-0.2, 0) is 12.6 Å². The van der Waals surface area contributed by atoms with E-state index in [2.05, 4.69) is 32.4 Å². The third-order valence-electron chi connectivity index (χ3n) is 5.04. The Morgan fingerprint density at radius 3 is 2.72 bits per heavy atom. The van der Waals surface area contributed by atoms with Crippen LogP contribution in [0.3, 0.4) is 0 Å². The van der Waals surface area contributed by atoms with Crippen LogP contribution in [0.2, 0.25) is 0 Å². The maximum atomic E-state index is 13.2. The summed E-state index contributed by atoms with van der Waals surface area (Å²) in [6.45, 7) is 3.78. The van der Waals surface area contributed by atoms with Crippen LogP contribution in [0.15, 0.2) is 24.3 Å². The van der Waals surface area contributed by atoms with Crippen molar-refractivity contribution in [3.05, 3.63) is 35.5 Å². The van der Waals surface area contributed by atoms with Gasteiger partial charge < -0.3 is 21.3 Å². The highest BCUT2D eigenvalue weighted by molar-refractivity contribution is 5.63. The smallest absolute Gasteiger partial charge is 0.398 e. The first-order chi connectivity index (χ1) is 13.8. The lowest BCUT2D eigenvalue weighted by molar-refractivity contribution is -0.136. The fourth-order valence-electron chi connectivity index (χ4n) is 3.51. The predicted molar refractivity (Wildman–Crippen MR) is 109 cm³/mol. The molecular formula is C20H27F3N6. The van der Waals surface area contributed by atoms with E-state index in [9.17, 15) is 13.2 Å². The number of anilines is 4. The number of aryl methyl sites for hydroxylation is 1. The van der Waals surface area contributed by atoms with E-state index in [4.69, 9.17) is 5.73 Å². The topological polar surface area (TPSA) is 79.1 Å². The number of hydrogen-bond donors (Lipinski definition) is 3. The first-order valence-electron chi connectivity index (χ1n) is 9.84. The summed E-state index contributed by atoms with van der Waals surface area (Å²) < 4.78 is 39.5. The Kier molecular flexibility index (Phi) is 6.46. The molecule has 0 spiro atoms. The molecule has 1 atom stereocenters. The number of alkyl halides is 3. The minimum Gasteiger partial charge on any atom is -0.398 e. The lowest BCUT2D eigenvalue weighted by atomic mass is 10.1. The molecule has 1 aromatic carbocycles. The van der Waals surface area contributed by atoms with Crippen molar-refractivity contribution in [1.29, 1.82) is 0 Å². The maximum Gasteiger partial charge on any atom is 0.418 e. The van der Waals surface area contributed by atoms with E-state index in [-0.39, 0.29) is 17.3 Å². The summed E-state index contributed by atoms with van der Waals surface area (Å²) >= 11 is 0. The van der Waals surface area contributed by atoms with Gasteiger partial charge in [0.15, 0.2) is 0 Å². The Hall–Kier alpha value is -2.55. The van der Waals surface area contributed by atoms with Gasteiger partial charge >= 0.3 is 6.18 Å². The van der Waals surface area contributed by atoms with Crippen LogP contribution in [0.4, 0.5) is 36.3 Å². The predicted octanol–water partition coefficient (Wildman–Crippen LogP) is 3.96. The zero-order valence-electron chi connectivity index (χ0n) is 16.7. The second-order valence-electron chi connectivity index (χ2n) is 7.29. The van der Waals surface area contributed by atoms with Crippen molar-refractivity contribution < 1.29 is 13.2 Å². The SMILES string of the molecule is CCCc1cc(N2CCC[C@@H](NC)C2)nc(Nc2ccc(N)c(C(F)(F)F)c2)n1. The van der Waals surface area contributed by atoms with Gasteiger partial charge in [-0.05, 0) is 44.5 Å². The van der Waals surface area contributed by atoms with Gasteiger partial charge in [-0.2, -0.15) is 18.2 Å². The van der Waals surface area contributed by atoms with Gasteiger partial charge in [-0.1, -0.05) is 13.3 Å². The van der Waals surface area contributed by atoms with Gasteiger partial charge in [0.1, 0.15) is 5.82 Å². The minimum atomic E-state index is -4.52. The van der Waals surface area contributed by atoms with Gasteiger partial charge in [0.25, 0.3) is 0 Å². The molecule has 0 radical (unpaired) electrons. The molecule has 29 heavy (non-hydrogen) atoms. The van der Waals surface area contributed by atoms with Crippen LogP contribution in [0, 0.1) is 0 Å². The molecule has 158 valence electrons. The molecule has 6 nitrogen and oxygen atoms in total. The summed E-state index contributed by atoms with van der Waals surface area (Å²) in [7, 11) is 1.95. The molecule has 1 aliphatic rings. The largest absolute Gasteiger partial charge is 0.418 e. The highest BCUT2D eigenvalue weighted by Gasteiger charge is 2.33. The lowest BCUT2D eigenvalue weighted by Gasteiger charge is -2.33. The van der Waals surface area contributed by atoms with E-state index < -0.39 is 11.7 Å². The quantitative estimate of drug-likeness (QED) is 0.628. The summed E-state index contributed by atoms with van der Waals surface area (Å²) in [6, 6.07) is 6.08. The van der Waals surface area contributed by atoms with Crippen LogP contribution >= 0.6 is 0 Å². The van der Waals surface area contributed by atoms with Crippen molar-refractivity contribution in [2.75, 3.05) is 36.1 Å². The Morgan fingerprint density at radius 2 is 2.03 bits per heavy atom. The number of likely N-dealkylation sites (N-methyl/N-ethyl adjacent to an activating group) is 1. The molecule has 4 N–H and O–H groups in total. The molecular weight excluding hydrogens is 381 g/mol. The first-order valence-corrected chi connectivity index (χ1v) is 9.84. The first kappa shape index (κ1) is 21.2. The van der Waals surface area contributed by atoms with E-state index in [0.717, 1.165) is 56.4 Å². The molecule has 0 amide bonds. The van der Waals surface area contributed by atoms with E-state index in [1.807, 2.05) is 13.1 Å². The number of piperidine rings is 1. The van der Waals surface area contributed by atoms with Crippen LogP contribution in [-0.4, -0.2) is 36.1 Å². The second-order valence-corrected chi connectivity index (χ2v) is 7.29. The van der Waals surface area contributed by atoms with Crippen molar-refractivity contribution in [2.24, 2.45) is 0 Å². The molecule has 2 aromatic rings. The summed E-state index contributed by atoms with van der Waals surface area (Å²) in [6.07, 6.45) is -0.684. The zero-order chi connectivity index (χ0) is 21.0. The van der Waals surface area contributed by atoms with Crippen molar-refractivity contribution >= 4 is 23.1 Å². The van der Waals surface area contributed by atoms with Gasteiger partial charge in [-0.25, -0.2) is 4.98 Å². The Bertz CT molecular complexity index is 839. The number of benzene rings is 1. The fraction of sp³-hybridized carbons (Fsp3) is 0.500. The Balaban J connectivity index is 1.90. The number of nitrogen functional groups attached to an aromatic ring is 1. The van der Waals surface area contributed by atoms with E-state index in [1.165, 1.54) is 12.1 Å². The summed E-state index contributed by atoms with van der Waals surface area (Å²) in [5, 5.41) is 6.23. The number of halogens is 3. The number of nitrogens with one attached hydrogen (secondary N) is 2. The van der Waals surface area contributed by atoms with Gasteiger partial charge in [-0.15, -0.1) is 0 Å². The van der Waals surface area contributed by atoms with Gasteiger partial charge in [0, 0.05) is 42.3 Å². The highest BCUT2D eigenvalue weighted by atomic mass is 19.4. The summed E-state index contributed by atoms with van der Waals surface area (Å²) in [5.74, 6) is 1.08. The Labute approximate surface area is 168 Å². The molecule has 3 rings (SSSR count). The van der Waals surface area contributed by atoms with Crippen molar-refractivity contribution in [1.82, 2.24) is 15.3 Å².